The van der Waals surface area contributed by atoms with Crippen molar-refractivity contribution in [3.8, 4) is 5.88 Å². The molecular weight excluding hydrogens is 228 g/mol. The topological polar surface area (TPSA) is 54.4 Å². The standard InChI is InChI=1S/C14H16N2O2/c1-18-14-8-13(6-7-15-14)16-9-11-2-4-12(10-17)5-3-11/h2-8,17H,9-10H2,1H3,(H,15,16). The first-order valence-corrected chi connectivity index (χ1v) is 5.74. The summed E-state index contributed by atoms with van der Waals surface area (Å²) in [7, 11) is 1.60. The largest absolute Gasteiger partial charge is 0.481 e. The second-order valence-electron chi connectivity index (χ2n) is 3.92. The number of aliphatic hydroxyl groups is 1. The van der Waals surface area contributed by atoms with Crippen LogP contribution in [0, 0.1) is 0 Å². The summed E-state index contributed by atoms with van der Waals surface area (Å²) in [5, 5.41) is 12.2. The molecule has 2 N–H and O–H groups in total. The fourth-order valence-electron chi connectivity index (χ4n) is 1.60. The van der Waals surface area contributed by atoms with Gasteiger partial charge >= 0.3 is 0 Å². The summed E-state index contributed by atoms with van der Waals surface area (Å²) in [5.41, 5.74) is 3.04. The molecule has 18 heavy (non-hydrogen) atoms. The van der Waals surface area contributed by atoms with Gasteiger partial charge in [-0.25, -0.2) is 4.98 Å². The van der Waals surface area contributed by atoms with E-state index in [1.165, 1.54) is 0 Å². The molecule has 0 unspecified atom stereocenters. The van der Waals surface area contributed by atoms with E-state index in [2.05, 4.69) is 10.3 Å². The third-order valence-electron chi connectivity index (χ3n) is 2.65. The molecule has 2 rings (SSSR count). The fraction of sp³-hybridized carbons (Fsp3) is 0.214. The lowest BCUT2D eigenvalue weighted by Gasteiger charge is -2.08. The zero-order valence-corrected chi connectivity index (χ0v) is 10.3. The number of ether oxygens (including phenoxy) is 1. The van der Waals surface area contributed by atoms with Gasteiger partial charge < -0.3 is 15.2 Å². The summed E-state index contributed by atoms with van der Waals surface area (Å²) >= 11 is 0. The lowest BCUT2D eigenvalue weighted by molar-refractivity contribution is 0.282. The van der Waals surface area contributed by atoms with Gasteiger partial charge in [0.15, 0.2) is 0 Å². The molecule has 0 amide bonds. The van der Waals surface area contributed by atoms with Crippen molar-refractivity contribution < 1.29 is 9.84 Å². The van der Waals surface area contributed by atoms with E-state index in [0.29, 0.717) is 5.88 Å². The van der Waals surface area contributed by atoms with E-state index in [-0.39, 0.29) is 6.61 Å². The van der Waals surface area contributed by atoms with Crippen LogP contribution in [0.15, 0.2) is 42.6 Å². The van der Waals surface area contributed by atoms with E-state index in [9.17, 15) is 0 Å². The minimum absolute atomic E-state index is 0.0786. The Hall–Kier alpha value is -2.07. The average Bonchev–Trinajstić information content (AvgIpc) is 2.46. The Bertz CT molecular complexity index is 497. The molecule has 0 fully saturated rings. The number of hydrogen-bond acceptors (Lipinski definition) is 4. The SMILES string of the molecule is COc1cc(NCc2ccc(CO)cc2)ccn1. The minimum Gasteiger partial charge on any atom is -0.481 e. The highest BCUT2D eigenvalue weighted by Crippen LogP contribution is 2.14. The summed E-state index contributed by atoms with van der Waals surface area (Å²) in [6.07, 6.45) is 1.70. The van der Waals surface area contributed by atoms with Crippen molar-refractivity contribution in [1.82, 2.24) is 4.98 Å². The molecule has 0 spiro atoms. The zero-order valence-electron chi connectivity index (χ0n) is 10.3. The monoisotopic (exact) mass is 244 g/mol. The van der Waals surface area contributed by atoms with Gasteiger partial charge in [-0.1, -0.05) is 24.3 Å². The van der Waals surface area contributed by atoms with E-state index in [0.717, 1.165) is 23.4 Å². The van der Waals surface area contributed by atoms with E-state index >= 15 is 0 Å². The number of methoxy groups -OCH3 is 1. The summed E-state index contributed by atoms with van der Waals surface area (Å²) in [6.45, 7) is 0.800. The van der Waals surface area contributed by atoms with Crippen LogP contribution < -0.4 is 10.1 Å². The maximum atomic E-state index is 8.96. The zero-order chi connectivity index (χ0) is 12.8. The van der Waals surface area contributed by atoms with E-state index in [1.807, 2.05) is 36.4 Å². The van der Waals surface area contributed by atoms with Crippen LogP contribution in [0.3, 0.4) is 0 Å². The van der Waals surface area contributed by atoms with Gasteiger partial charge in [-0.2, -0.15) is 0 Å². The van der Waals surface area contributed by atoms with Gasteiger partial charge in [0.1, 0.15) is 0 Å². The van der Waals surface area contributed by atoms with Gasteiger partial charge in [0.2, 0.25) is 5.88 Å². The Labute approximate surface area is 106 Å². The number of nitrogens with one attached hydrogen (secondary N) is 1. The summed E-state index contributed by atoms with van der Waals surface area (Å²) in [6, 6.07) is 11.6. The molecule has 0 atom stereocenters. The van der Waals surface area contributed by atoms with Crippen LogP contribution in [0.5, 0.6) is 5.88 Å². The second kappa shape index (κ2) is 6.02. The first-order valence-electron chi connectivity index (χ1n) is 5.74. The summed E-state index contributed by atoms with van der Waals surface area (Å²) in [5.74, 6) is 0.593. The molecule has 2 aromatic rings. The Kier molecular flexibility index (Phi) is 4.15. The Morgan fingerprint density at radius 1 is 1.17 bits per heavy atom. The Morgan fingerprint density at radius 3 is 2.56 bits per heavy atom. The van der Waals surface area contributed by atoms with Crippen LogP contribution in [-0.2, 0) is 13.2 Å². The molecule has 0 bridgehead atoms. The molecule has 0 saturated carbocycles. The summed E-state index contributed by atoms with van der Waals surface area (Å²) in [4.78, 5) is 4.05. The third-order valence-corrected chi connectivity index (χ3v) is 2.65. The Morgan fingerprint density at radius 2 is 1.89 bits per heavy atom. The number of aliphatic hydroxyl groups excluding tert-OH is 1. The smallest absolute Gasteiger partial charge is 0.214 e. The molecular formula is C14H16N2O2. The lowest BCUT2D eigenvalue weighted by atomic mass is 10.1. The highest BCUT2D eigenvalue weighted by Gasteiger charge is 1.97. The van der Waals surface area contributed by atoms with Gasteiger partial charge in [0.25, 0.3) is 0 Å². The van der Waals surface area contributed by atoms with Gasteiger partial charge in [0, 0.05) is 24.5 Å². The molecule has 0 radical (unpaired) electrons. The molecule has 4 nitrogen and oxygen atoms in total. The van der Waals surface area contributed by atoms with Crippen molar-refractivity contribution in [2.24, 2.45) is 0 Å². The van der Waals surface area contributed by atoms with Crippen molar-refractivity contribution >= 4 is 5.69 Å². The van der Waals surface area contributed by atoms with E-state index in [4.69, 9.17) is 9.84 Å². The fourth-order valence-corrected chi connectivity index (χ4v) is 1.60. The van der Waals surface area contributed by atoms with Crippen molar-refractivity contribution in [3.05, 3.63) is 53.7 Å². The van der Waals surface area contributed by atoms with Gasteiger partial charge in [-0.05, 0) is 17.2 Å². The number of anilines is 1. The van der Waals surface area contributed by atoms with Gasteiger partial charge in [-0.15, -0.1) is 0 Å². The van der Waals surface area contributed by atoms with Crippen LogP contribution in [0.2, 0.25) is 0 Å². The molecule has 1 aromatic carbocycles. The molecule has 4 heteroatoms. The minimum atomic E-state index is 0.0786. The number of benzene rings is 1. The van der Waals surface area contributed by atoms with E-state index < -0.39 is 0 Å². The number of nitrogens with zero attached hydrogens (tertiary/aromatic N) is 1. The third kappa shape index (κ3) is 3.21. The maximum absolute atomic E-state index is 8.96. The molecule has 0 aliphatic heterocycles. The van der Waals surface area contributed by atoms with Crippen LogP contribution >= 0.6 is 0 Å². The molecule has 0 aliphatic carbocycles. The van der Waals surface area contributed by atoms with Crippen LogP contribution in [0.1, 0.15) is 11.1 Å². The lowest BCUT2D eigenvalue weighted by Crippen LogP contribution is -2.00. The molecule has 0 aliphatic rings. The second-order valence-corrected chi connectivity index (χ2v) is 3.92. The average molecular weight is 244 g/mol. The first kappa shape index (κ1) is 12.4. The van der Waals surface area contributed by atoms with Crippen molar-refractivity contribution in [1.29, 1.82) is 0 Å². The predicted molar refractivity (Wildman–Crippen MR) is 70.5 cm³/mol. The molecule has 0 saturated heterocycles. The molecule has 94 valence electrons. The van der Waals surface area contributed by atoms with Crippen molar-refractivity contribution in [3.63, 3.8) is 0 Å². The highest BCUT2D eigenvalue weighted by atomic mass is 16.5. The van der Waals surface area contributed by atoms with Crippen LogP contribution in [-0.4, -0.2) is 17.2 Å². The Balaban J connectivity index is 1.97. The van der Waals surface area contributed by atoms with Crippen LogP contribution in [0.25, 0.3) is 0 Å². The normalized spacial score (nSPS) is 10.1. The van der Waals surface area contributed by atoms with Gasteiger partial charge in [0.05, 0.1) is 13.7 Å². The number of hydrogen-bond donors (Lipinski definition) is 2. The number of rotatable bonds is 5. The van der Waals surface area contributed by atoms with Crippen molar-refractivity contribution in [2.45, 2.75) is 13.2 Å². The van der Waals surface area contributed by atoms with Crippen LogP contribution in [0.4, 0.5) is 5.69 Å². The predicted octanol–water partition coefficient (Wildman–Crippen LogP) is 2.19. The van der Waals surface area contributed by atoms with E-state index in [1.54, 1.807) is 13.3 Å². The quantitative estimate of drug-likeness (QED) is 0.846. The number of pyridine rings is 1. The maximum Gasteiger partial charge on any atom is 0.214 e. The first-order chi connectivity index (χ1) is 8.81. The highest BCUT2D eigenvalue weighted by molar-refractivity contribution is 5.45. The van der Waals surface area contributed by atoms with Crippen molar-refractivity contribution in [2.75, 3.05) is 12.4 Å². The number of aromatic nitrogens is 1. The summed E-state index contributed by atoms with van der Waals surface area (Å²) < 4.78 is 5.06. The molecule has 1 heterocycles. The van der Waals surface area contributed by atoms with Gasteiger partial charge in [-0.3, -0.25) is 0 Å². The molecule has 1 aromatic heterocycles.